The highest BCUT2D eigenvalue weighted by Crippen LogP contribution is 2.48. The number of rotatable bonds is 2. The molecule has 1 N–H and O–H groups in total. The van der Waals surface area contributed by atoms with Gasteiger partial charge in [0.15, 0.2) is 0 Å². The lowest BCUT2D eigenvalue weighted by Crippen LogP contribution is -2.49. The summed E-state index contributed by atoms with van der Waals surface area (Å²) in [6.07, 6.45) is 7.94. The normalized spacial score (nSPS) is 40.9. The van der Waals surface area contributed by atoms with E-state index in [1.807, 2.05) is 0 Å². The van der Waals surface area contributed by atoms with E-state index in [-0.39, 0.29) is 6.10 Å². The number of hydrogen-bond acceptors (Lipinski definition) is 2. The van der Waals surface area contributed by atoms with Crippen LogP contribution in [0.25, 0.3) is 0 Å². The summed E-state index contributed by atoms with van der Waals surface area (Å²) in [5.74, 6) is 2.19. The summed E-state index contributed by atoms with van der Waals surface area (Å²) >= 11 is 0. The maximum atomic E-state index is 9.42. The average Bonchev–Trinajstić information content (AvgIpc) is 2.89. The molecule has 1 heterocycles. The van der Waals surface area contributed by atoms with E-state index in [1.54, 1.807) is 0 Å². The molecule has 0 spiro atoms. The zero-order valence-electron chi connectivity index (χ0n) is 8.86. The first-order chi connectivity index (χ1) is 6.83. The molecule has 2 saturated carbocycles. The lowest BCUT2D eigenvalue weighted by atomic mass is 9.75. The Bertz CT molecular complexity index is 200. The maximum Gasteiger partial charge on any atom is 0.0564 e. The highest BCUT2D eigenvalue weighted by molar-refractivity contribution is 4.95. The van der Waals surface area contributed by atoms with Crippen LogP contribution in [0, 0.1) is 11.8 Å². The van der Waals surface area contributed by atoms with Crippen molar-refractivity contribution in [3.05, 3.63) is 0 Å². The molecule has 14 heavy (non-hydrogen) atoms. The van der Waals surface area contributed by atoms with Gasteiger partial charge in [0.1, 0.15) is 0 Å². The largest absolute Gasteiger partial charge is 0.393 e. The van der Waals surface area contributed by atoms with Crippen molar-refractivity contribution < 1.29 is 5.11 Å². The molecule has 0 radical (unpaired) electrons. The molecule has 3 rings (SSSR count). The molecule has 0 aromatic heterocycles. The van der Waals surface area contributed by atoms with Crippen LogP contribution in [-0.4, -0.2) is 35.2 Å². The Morgan fingerprint density at radius 2 is 1.50 bits per heavy atom. The van der Waals surface area contributed by atoms with E-state index >= 15 is 0 Å². The Labute approximate surface area is 86.3 Å². The summed E-state index contributed by atoms with van der Waals surface area (Å²) in [7, 11) is 0. The summed E-state index contributed by atoms with van der Waals surface area (Å²) in [5.41, 5.74) is 0. The van der Waals surface area contributed by atoms with Gasteiger partial charge in [-0.3, -0.25) is 0 Å². The van der Waals surface area contributed by atoms with Gasteiger partial charge in [-0.05, 0) is 50.4 Å². The van der Waals surface area contributed by atoms with Gasteiger partial charge in [-0.2, -0.15) is 0 Å². The fourth-order valence-corrected chi connectivity index (χ4v) is 3.13. The quantitative estimate of drug-likeness (QED) is 0.724. The Morgan fingerprint density at radius 1 is 0.857 bits per heavy atom. The summed E-state index contributed by atoms with van der Waals surface area (Å²) in [6.45, 7) is 2.28. The highest BCUT2D eigenvalue weighted by atomic mass is 16.3. The number of nitrogens with zero attached hydrogens (tertiary/aromatic N) is 1. The molecule has 0 bridgehead atoms. The first kappa shape index (κ1) is 9.17. The standard InChI is InChI=1S/C12H21NO/c14-12-3-5-13(6-4-12)11-7-10(8-11)9-1-2-9/h9-12,14H,1-8H2. The lowest BCUT2D eigenvalue weighted by Gasteiger charge is -2.45. The molecule has 2 nitrogen and oxygen atoms in total. The van der Waals surface area contributed by atoms with E-state index in [0.717, 1.165) is 43.8 Å². The SMILES string of the molecule is OC1CCN(C2CC(C3CC3)C2)CC1. The summed E-state index contributed by atoms with van der Waals surface area (Å²) in [5, 5.41) is 9.42. The van der Waals surface area contributed by atoms with Crippen molar-refractivity contribution in [2.75, 3.05) is 13.1 Å². The van der Waals surface area contributed by atoms with Gasteiger partial charge in [-0.1, -0.05) is 0 Å². The van der Waals surface area contributed by atoms with Crippen molar-refractivity contribution in [2.24, 2.45) is 11.8 Å². The second-order valence-corrected chi connectivity index (χ2v) is 5.49. The maximum absolute atomic E-state index is 9.42. The Balaban J connectivity index is 1.44. The minimum absolute atomic E-state index is 0.00874. The molecule has 1 aliphatic heterocycles. The van der Waals surface area contributed by atoms with Crippen LogP contribution in [0.3, 0.4) is 0 Å². The smallest absolute Gasteiger partial charge is 0.0564 e. The van der Waals surface area contributed by atoms with Crippen LogP contribution >= 0.6 is 0 Å². The van der Waals surface area contributed by atoms with Crippen molar-refractivity contribution in [1.82, 2.24) is 4.90 Å². The van der Waals surface area contributed by atoms with Crippen LogP contribution < -0.4 is 0 Å². The predicted molar refractivity (Wildman–Crippen MR) is 56.0 cm³/mol. The van der Waals surface area contributed by atoms with E-state index in [9.17, 15) is 5.11 Å². The average molecular weight is 195 g/mol. The molecule has 0 unspecified atom stereocenters. The van der Waals surface area contributed by atoms with Crippen LogP contribution in [0.4, 0.5) is 0 Å². The van der Waals surface area contributed by atoms with Crippen molar-refractivity contribution in [3.63, 3.8) is 0 Å². The Hall–Kier alpha value is -0.0800. The third-order valence-electron chi connectivity index (χ3n) is 4.45. The van der Waals surface area contributed by atoms with Gasteiger partial charge in [-0.25, -0.2) is 0 Å². The van der Waals surface area contributed by atoms with E-state index in [4.69, 9.17) is 0 Å². The molecule has 1 saturated heterocycles. The molecule has 2 heteroatoms. The third-order valence-corrected chi connectivity index (χ3v) is 4.45. The second-order valence-electron chi connectivity index (χ2n) is 5.49. The minimum Gasteiger partial charge on any atom is -0.393 e. The van der Waals surface area contributed by atoms with E-state index < -0.39 is 0 Å². The third kappa shape index (κ3) is 1.70. The van der Waals surface area contributed by atoms with Crippen LogP contribution in [-0.2, 0) is 0 Å². The Kier molecular flexibility index (Phi) is 2.29. The summed E-state index contributed by atoms with van der Waals surface area (Å²) < 4.78 is 0. The Morgan fingerprint density at radius 3 is 2.07 bits per heavy atom. The zero-order chi connectivity index (χ0) is 9.54. The lowest BCUT2D eigenvalue weighted by molar-refractivity contribution is 0.0129. The van der Waals surface area contributed by atoms with Crippen LogP contribution in [0.1, 0.15) is 38.5 Å². The number of piperidine rings is 1. The van der Waals surface area contributed by atoms with Crippen molar-refractivity contribution in [1.29, 1.82) is 0 Å². The molecule has 0 amide bonds. The zero-order valence-corrected chi connectivity index (χ0v) is 8.86. The van der Waals surface area contributed by atoms with Gasteiger partial charge in [0, 0.05) is 19.1 Å². The number of aliphatic hydroxyl groups excluding tert-OH is 1. The topological polar surface area (TPSA) is 23.5 Å². The number of aliphatic hydroxyl groups is 1. The van der Waals surface area contributed by atoms with Gasteiger partial charge in [0.25, 0.3) is 0 Å². The van der Waals surface area contributed by atoms with Crippen molar-refractivity contribution in [2.45, 2.75) is 50.7 Å². The van der Waals surface area contributed by atoms with Gasteiger partial charge in [-0.15, -0.1) is 0 Å². The molecule has 0 atom stereocenters. The van der Waals surface area contributed by atoms with Gasteiger partial charge in [0.2, 0.25) is 0 Å². The molecule has 80 valence electrons. The van der Waals surface area contributed by atoms with Crippen molar-refractivity contribution >= 4 is 0 Å². The molecule has 3 fully saturated rings. The van der Waals surface area contributed by atoms with Crippen LogP contribution in [0.2, 0.25) is 0 Å². The predicted octanol–water partition coefficient (Wildman–Crippen LogP) is 1.63. The summed E-state index contributed by atoms with van der Waals surface area (Å²) in [6, 6.07) is 0.882. The van der Waals surface area contributed by atoms with Crippen LogP contribution in [0.5, 0.6) is 0 Å². The molecule has 0 aromatic carbocycles. The monoisotopic (exact) mass is 195 g/mol. The number of likely N-dealkylation sites (tertiary alicyclic amines) is 1. The number of hydrogen-bond donors (Lipinski definition) is 1. The van der Waals surface area contributed by atoms with E-state index in [1.165, 1.54) is 25.7 Å². The minimum atomic E-state index is -0.00874. The fourth-order valence-electron chi connectivity index (χ4n) is 3.13. The fraction of sp³-hybridized carbons (Fsp3) is 1.00. The second kappa shape index (κ2) is 3.49. The molecule has 0 aromatic rings. The first-order valence-corrected chi connectivity index (χ1v) is 6.25. The first-order valence-electron chi connectivity index (χ1n) is 6.25. The van der Waals surface area contributed by atoms with Gasteiger partial charge >= 0.3 is 0 Å². The molecular formula is C12H21NO. The summed E-state index contributed by atoms with van der Waals surface area (Å²) in [4.78, 5) is 2.62. The molecule has 3 aliphatic rings. The molecule has 2 aliphatic carbocycles. The molecular weight excluding hydrogens is 174 g/mol. The van der Waals surface area contributed by atoms with E-state index in [0.29, 0.717) is 0 Å². The van der Waals surface area contributed by atoms with Gasteiger partial charge in [0.05, 0.1) is 6.10 Å². The van der Waals surface area contributed by atoms with Crippen LogP contribution in [0.15, 0.2) is 0 Å². The van der Waals surface area contributed by atoms with E-state index in [2.05, 4.69) is 4.90 Å². The highest BCUT2D eigenvalue weighted by Gasteiger charge is 2.42. The van der Waals surface area contributed by atoms with Gasteiger partial charge < -0.3 is 10.0 Å². The van der Waals surface area contributed by atoms with Crippen molar-refractivity contribution in [3.8, 4) is 0 Å².